The van der Waals surface area contributed by atoms with Crippen molar-refractivity contribution in [1.29, 1.82) is 0 Å². The average Bonchev–Trinajstić information content (AvgIpc) is 3.74. The number of aliphatic hydroxyl groups excluding tert-OH is 5. The topological polar surface area (TPSA) is 188 Å². The van der Waals surface area contributed by atoms with Crippen molar-refractivity contribution in [2.24, 2.45) is 46.3 Å². The molecule has 0 spiro atoms. The van der Waals surface area contributed by atoms with E-state index >= 15 is 0 Å². The van der Waals surface area contributed by atoms with Gasteiger partial charge in [-0.1, -0.05) is 20.8 Å². The smallest absolute Gasteiger partial charge is 0.353 e. The standard InChI is InChI=1S/C36H53N3O9/c1-18(23-5-6-24-32-25(13-29(44)36(23,24)3)35(2)9-8-21(41)11-20(35)12-27(32)43)4-7-30(45)37-15-22-10-19-16-39(34(46)38-33(19)47-22)31-14-26(42)28(17-40)48-31/h10,16,18,20-21,23-29,31-32,40-44H,4-9,11-15,17H2,1-3H3,(H,37,45)/t18-,20+,21-,23-,24+,25+,26+,27-,28-,29+,31-,32+,35+,36-/m1/s1. The second-order valence-electron chi connectivity index (χ2n) is 16.3. The van der Waals surface area contributed by atoms with Crippen molar-refractivity contribution in [2.75, 3.05) is 6.61 Å². The molecule has 48 heavy (non-hydrogen) atoms. The van der Waals surface area contributed by atoms with Crippen LogP contribution in [0.15, 0.2) is 21.5 Å². The molecular formula is C36H53N3O9. The number of nitrogens with one attached hydrogen (secondary N) is 1. The molecule has 1 aliphatic heterocycles. The predicted molar refractivity (Wildman–Crippen MR) is 174 cm³/mol. The summed E-state index contributed by atoms with van der Waals surface area (Å²) in [6, 6.07) is 1.71. The Labute approximate surface area is 280 Å². The largest absolute Gasteiger partial charge is 0.441 e. The van der Waals surface area contributed by atoms with Gasteiger partial charge >= 0.3 is 5.69 Å². The van der Waals surface area contributed by atoms with Gasteiger partial charge in [0.1, 0.15) is 18.1 Å². The van der Waals surface area contributed by atoms with E-state index in [1.165, 1.54) is 4.57 Å². The van der Waals surface area contributed by atoms with Crippen molar-refractivity contribution in [3.63, 3.8) is 0 Å². The van der Waals surface area contributed by atoms with Gasteiger partial charge in [0.15, 0.2) is 0 Å². The number of carbonyl (C=O) groups is 1. The molecule has 7 rings (SSSR count). The number of hydrogen-bond acceptors (Lipinski definition) is 10. The fourth-order valence-corrected chi connectivity index (χ4v) is 11.3. The number of rotatable bonds is 8. The molecule has 5 aliphatic rings. The lowest BCUT2D eigenvalue weighted by atomic mass is 9.43. The van der Waals surface area contributed by atoms with Crippen LogP contribution in [0.3, 0.4) is 0 Å². The van der Waals surface area contributed by atoms with Gasteiger partial charge in [0.2, 0.25) is 11.6 Å². The summed E-state index contributed by atoms with van der Waals surface area (Å²) in [6.07, 6.45) is 5.09. The first kappa shape index (κ1) is 34.1. The second-order valence-corrected chi connectivity index (χ2v) is 16.3. The first-order chi connectivity index (χ1) is 22.8. The summed E-state index contributed by atoms with van der Waals surface area (Å²) in [5.74, 6) is 1.77. The number of fused-ring (bicyclic) bond motifs is 6. The first-order valence-electron chi connectivity index (χ1n) is 18.1. The summed E-state index contributed by atoms with van der Waals surface area (Å²) < 4.78 is 12.6. The van der Waals surface area contributed by atoms with Crippen molar-refractivity contribution in [3.05, 3.63) is 28.5 Å². The number of aromatic nitrogens is 2. The maximum atomic E-state index is 13.0. The van der Waals surface area contributed by atoms with Crippen molar-refractivity contribution in [3.8, 4) is 0 Å². The van der Waals surface area contributed by atoms with E-state index in [-0.39, 0.29) is 77.7 Å². The summed E-state index contributed by atoms with van der Waals surface area (Å²) >= 11 is 0. The van der Waals surface area contributed by atoms with Gasteiger partial charge in [0.25, 0.3) is 0 Å². The summed E-state index contributed by atoms with van der Waals surface area (Å²) in [7, 11) is 0. The zero-order chi connectivity index (χ0) is 34.1. The van der Waals surface area contributed by atoms with E-state index in [0.29, 0.717) is 36.3 Å². The molecule has 1 amide bonds. The maximum absolute atomic E-state index is 13.0. The Morgan fingerprint density at radius 2 is 1.88 bits per heavy atom. The molecule has 1 saturated heterocycles. The van der Waals surface area contributed by atoms with Crippen LogP contribution in [0.5, 0.6) is 0 Å². The van der Waals surface area contributed by atoms with E-state index in [2.05, 4.69) is 31.1 Å². The molecule has 5 fully saturated rings. The van der Waals surface area contributed by atoms with E-state index in [0.717, 1.165) is 38.5 Å². The van der Waals surface area contributed by atoms with Crippen molar-refractivity contribution >= 4 is 17.0 Å². The Kier molecular flexibility index (Phi) is 9.07. The fourth-order valence-electron chi connectivity index (χ4n) is 11.3. The van der Waals surface area contributed by atoms with E-state index in [4.69, 9.17) is 9.15 Å². The van der Waals surface area contributed by atoms with Crippen LogP contribution in [0.25, 0.3) is 11.1 Å². The number of nitrogens with zero attached hydrogens (tertiary/aromatic N) is 2. The number of aliphatic hydroxyl groups is 5. The molecule has 12 nitrogen and oxygen atoms in total. The van der Waals surface area contributed by atoms with E-state index < -0.39 is 36.3 Å². The lowest BCUT2D eigenvalue weighted by Gasteiger charge is -2.63. The lowest BCUT2D eigenvalue weighted by molar-refractivity contribution is -0.207. The van der Waals surface area contributed by atoms with Gasteiger partial charge < -0.3 is 40.0 Å². The zero-order valence-corrected chi connectivity index (χ0v) is 28.3. The van der Waals surface area contributed by atoms with Gasteiger partial charge in [-0.3, -0.25) is 9.36 Å². The van der Waals surface area contributed by atoms with Crippen molar-refractivity contribution in [1.82, 2.24) is 14.9 Å². The fraction of sp³-hybridized carbons (Fsp3) is 0.806. The molecule has 0 bridgehead atoms. The van der Waals surface area contributed by atoms with Gasteiger partial charge in [-0.25, -0.2) is 4.79 Å². The Bertz CT molecular complexity index is 1560. The third-order valence-electron chi connectivity index (χ3n) is 14.0. The molecule has 2 aromatic heterocycles. The summed E-state index contributed by atoms with van der Waals surface area (Å²) in [6.45, 7) is 6.56. The summed E-state index contributed by atoms with van der Waals surface area (Å²) in [5, 5.41) is 56.7. The van der Waals surface area contributed by atoms with Crippen LogP contribution in [0.1, 0.15) is 97.0 Å². The highest BCUT2D eigenvalue weighted by atomic mass is 16.5. The van der Waals surface area contributed by atoms with Crippen LogP contribution in [0.4, 0.5) is 0 Å². The van der Waals surface area contributed by atoms with Crippen LogP contribution >= 0.6 is 0 Å². The molecule has 6 N–H and O–H groups in total. The molecule has 12 heteroatoms. The zero-order valence-electron chi connectivity index (χ0n) is 28.3. The van der Waals surface area contributed by atoms with Gasteiger partial charge in [-0.15, -0.1) is 0 Å². The molecule has 4 aliphatic carbocycles. The number of amides is 1. The minimum atomic E-state index is -0.882. The van der Waals surface area contributed by atoms with Crippen LogP contribution in [0, 0.1) is 46.3 Å². The molecule has 0 unspecified atom stereocenters. The minimum Gasteiger partial charge on any atom is -0.441 e. The third kappa shape index (κ3) is 5.64. The van der Waals surface area contributed by atoms with E-state index in [9.17, 15) is 35.1 Å². The maximum Gasteiger partial charge on any atom is 0.353 e. The molecule has 4 saturated carbocycles. The average molecular weight is 672 g/mol. The number of carbonyl (C=O) groups excluding carboxylic acids is 1. The molecule has 266 valence electrons. The second kappa shape index (κ2) is 12.8. The molecule has 14 atom stereocenters. The van der Waals surface area contributed by atoms with Gasteiger partial charge in [-0.05, 0) is 104 Å². The highest BCUT2D eigenvalue weighted by Crippen LogP contribution is 2.68. The number of hydrogen-bond donors (Lipinski definition) is 6. The normalized spacial score (nSPS) is 43.0. The Hall–Kier alpha value is -2.35. The van der Waals surface area contributed by atoms with Gasteiger partial charge in [0.05, 0.1) is 43.0 Å². The Balaban J connectivity index is 0.958. The predicted octanol–water partition coefficient (Wildman–Crippen LogP) is 2.62. The van der Waals surface area contributed by atoms with Crippen LogP contribution in [-0.4, -0.2) is 78.1 Å². The van der Waals surface area contributed by atoms with E-state index in [1.807, 2.05) is 0 Å². The number of ether oxygens (including phenoxy) is 1. The first-order valence-corrected chi connectivity index (χ1v) is 18.1. The Morgan fingerprint density at radius 1 is 1.08 bits per heavy atom. The van der Waals surface area contributed by atoms with Crippen LogP contribution < -0.4 is 11.0 Å². The van der Waals surface area contributed by atoms with Crippen molar-refractivity contribution < 1.29 is 39.5 Å². The monoisotopic (exact) mass is 671 g/mol. The molecule has 0 aromatic carbocycles. The van der Waals surface area contributed by atoms with E-state index in [1.54, 1.807) is 12.3 Å². The number of furan rings is 1. The minimum absolute atomic E-state index is 0.0411. The quantitative estimate of drug-likeness (QED) is 0.244. The molecular weight excluding hydrogens is 618 g/mol. The highest BCUT2D eigenvalue weighted by molar-refractivity contribution is 5.76. The van der Waals surface area contributed by atoms with Crippen molar-refractivity contribution in [2.45, 2.75) is 128 Å². The van der Waals surface area contributed by atoms with Crippen LogP contribution in [0.2, 0.25) is 0 Å². The summed E-state index contributed by atoms with van der Waals surface area (Å²) in [4.78, 5) is 29.6. The molecule has 2 aromatic rings. The van der Waals surface area contributed by atoms with Gasteiger partial charge in [-0.2, -0.15) is 4.98 Å². The molecule has 0 radical (unpaired) electrons. The third-order valence-corrected chi connectivity index (χ3v) is 14.0. The molecule has 3 heterocycles. The van der Waals surface area contributed by atoms with Crippen LogP contribution in [-0.2, 0) is 16.1 Å². The lowest BCUT2D eigenvalue weighted by Crippen LogP contribution is -2.62. The Morgan fingerprint density at radius 3 is 2.62 bits per heavy atom. The van der Waals surface area contributed by atoms with Gasteiger partial charge in [0, 0.05) is 19.0 Å². The summed E-state index contributed by atoms with van der Waals surface area (Å²) in [5.41, 5.74) is -0.713. The SMILES string of the molecule is C[C@H](CCC(=O)NCc1cc2cn([C@H]3C[C@H](O)[C@@H](CO)O3)c(=O)nc2o1)[C@H]1CC[C@H]2[C@@H]3[C@H](O)C[C@@H]4C[C@H](O)CC[C@]4(C)[C@H]3C[C@H](O)[C@]12C. The highest BCUT2D eigenvalue weighted by Gasteiger charge is 2.65.